The van der Waals surface area contributed by atoms with E-state index in [4.69, 9.17) is 17.0 Å². The molecule has 0 fully saturated rings. The predicted octanol–water partition coefficient (Wildman–Crippen LogP) is 1.70. The molecular formula is C14H13N3O2S. The smallest absolute Gasteiger partial charge is 0.288 e. The van der Waals surface area contributed by atoms with Crippen LogP contribution in [-0.4, -0.2) is 23.0 Å². The van der Waals surface area contributed by atoms with E-state index in [1.807, 2.05) is 12.1 Å². The van der Waals surface area contributed by atoms with E-state index in [9.17, 15) is 4.79 Å². The second-order valence-electron chi connectivity index (χ2n) is 3.82. The van der Waals surface area contributed by atoms with Gasteiger partial charge in [-0.2, -0.15) is 0 Å². The van der Waals surface area contributed by atoms with Gasteiger partial charge in [0, 0.05) is 6.20 Å². The molecule has 1 amide bonds. The van der Waals surface area contributed by atoms with Crippen LogP contribution in [-0.2, 0) is 0 Å². The number of methoxy groups -OCH3 is 1. The summed E-state index contributed by atoms with van der Waals surface area (Å²) in [5, 5.41) is 0. The van der Waals surface area contributed by atoms with Gasteiger partial charge in [-0.15, -0.1) is 0 Å². The van der Waals surface area contributed by atoms with Gasteiger partial charge in [0.05, 0.1) is 12.7 Å². The number of ether oxygens (including phenoxy) is 1. The Labute approximate surface area is 122 Å². The molecule has 2 rings (SSSR count). The minimum absolute atomic E-state index is 0.308. The second kappa shape index (κ2) is 6.63. The zero-order valence-corrected chi connectivity index (χ0v) is 11.6. The number of rotatable bonds is 3. The number of benzene rings is 1. The molecule has 0 unspecified atom stereocenters. The fourth-order valence-corrected chi connectivity index (χ4v) is 1.79. The third-order valence-electron chi connectivity index (χ3n) is 2.54. The van der Waals surface area contributed by atoms with E-state index in [0.29, 0.717) is 22.0 Å². The van der Waals surface area contributed by atoms with Crippen molar-refractivity contribution in [3.63, 3.8) is 0 Å². The summed E-state index contributed by atoms with van der Waals surface area (Å²) in [6.07, 6.45) is 1.55. The largest absolute Gasteiger partial charge is 0.496 e. The van der Waals surface area contributed by atoms with Crippen LogP contribution < -0.4 is 15.6 Å². The highest BCUT2D eigenvalue weighted by Crippen LogP contribution is 2.17. The fraction of sp³-hybridized carbons (Fsp3) is 0.0714. The molecule has 2 N–H and O–H groups in total. The highest BCUT2D eigenvalue weighted by Gasteiger charge is 2.10. The number of nitrogens with one attached hydrogen (secondary N) is 2. The van der Waals surface area contributed by atoms with Crippen LogP contribution in [0.4, 0.5) is 0 Å². The maximum atomic E-state index is 11.8. The van der Waals surface area contributed by atoms with Crippen LogP contribution in [0.1, 0.15) is 16.1 Å². The van der Waals surface area contributed by atoms with Gasteiger partial charge in [0.15, 0.2) is 0 Å². The monoisotopic (exact) mass is 287 g/mol. The molecule has 0 radical (unpaired) electrons. The molecule has 2 aromatic rings. The first-order valence-electron chi connectivity index (χ1n) is 5.87. The summed E-state index contributed by atoms with van der Waals surface area (Å²) in [5.74, 6) is 0.278. The van der Waals surface area contributed by atoms with Crippen LogP contribution in [0.25, 0.3) is 0 Å². The first-order valence-corrected chi connectivity index (χ1v) is 6.28. The molecule has 0 aliphatic carbocycles. The number of thiocarbonyl (C=S) groups is 1. The zero-order valence-electron chi connectivity index (χ0n) is 10.8. The summed E-state index contributed by atoms with van der Waals surface area (Å²) >= 11 is 5.22. The van der Waals surface area contributed by atoms with E-state index < -0.39 is 0 Å². The molecular weight excluding hydrogens is 274 g/mol. The molecule has 6 heteroatoms. The molecule has 0 aliphatic heterocycles. The van der Waals surface area contributed by atoms with Gasteiger partial charge in [0.1, 0.15) is 16.4 Å². The molecule has 1 aromatic heterocycles. The van der Waals surface area contributed by atoms with Crippen molar-refractivity contribution in [3.05, 3.63) is 59.9 Å². The molecule has 0 spiro atoms. The van der Waals surface area contributed by atoms with Gasteiger partial charge in [0.25, 0.3) is 5.91 Å². The van der Waals surface area contributed by atoms with E-state index in [2.05, 4.69) is 15.8 Å². The highest BCUT2D eigenvalue weighted by molar-refractivity contribution is 7.80. The highest BCUT2D eigenvalue weighted by atomic mass is 32.1. The Kier molecular flexibility index (Phi) is 4.62. The Morgan fingerprint density at radius 2 is 1.90 bits per heavy atom. The summed E-state index contributed by atoms with van der Waals surface area (Å²) in [6, 6.07) is 12.4. The third kappa shape index (κ3) is 3.30. The van der Waals surface area contributed by atoms with Crippen molar-refractivity contribution in [2.24, 2.45) is 0 Å². The zero-order chi connectivity index (χ0) is 14.4. The molecule has 20 heavy (non-hydrogen) atoms. The number of carbonyl (C=O) groups excluding carboxylic acids is 1. The molecule has 5 nitrogen and oxygen atoms in total. The molecule has 0 atom stereocenters. The standard InChI is InChI=1S/C14H13N3O2S/c1-19-12-8-3-2-6-10(12)14(20)17-16-13(18)11-7-4-5-9-15-11/h2-9H,1H3,(H,16,18)(H,17,20). The quantitative estimate of drug-likeness (QED) is 0.664. The van der Waals surface area contributed by atoms with E-state index >= 15 is 0 Å². The summed E-state index contributed by atoms with van der Waals surface area (Å²) in [7, 11) is 1.56. The van der Waals surface area contributed by atoms with Crippen molar-refractivity contribution in [2.45, 2.75) is 0 Å². The number of carbonyl (C=O) groups is 1. The average molecular weight is 287 g/mol. The van der Waals surface area contributed by atoms with Gasteiger partial charge in [-0.25, -0.2) is 0 Å². The maximum absolute atomic E-state index is 11.8. The Morgan fingerprint density at radius 1 is 1.15 bits per heavy atom. The van der Waals surface area contributed by atoms with Gasteiger partial charge < -0.3 is 4.74 Å². The SMILES string of the molecule is COc1ccccc1C(=S)NNC(=O)c1ccccn1. The first-order chi connectivity index (χ1) is 9.72. The van der Waals surface area contributed by atoms with Crippen molar-refractivity contribution in [1.29, 1.82) is 0 Å². The summed E-state index contributed by atoms with van der Waals surface area (Å²) < 4.78 is 5.21. The molecule has 1 aromatic carbocycles. The van der Waals surface area contributed by atoms with E-state index in [-0.39, 0.29) is 5.91 Å². The topological polar surface area (TPSA) is 63.2 Å². The summed E-state index contributed by atoms with van der Waals surface area (Å²) in [6.45, 7) is 0. The molecule has 0 aliphatic rings. The lowest BCUT2D eigenvalue weighted by Crippen LogP contribution is -2.41. The Bertz CT molecular complexity index is 617. The number of amides is 1. The van der Waals surface area contributed by atoms with E-state index in [0.717, 1.165) is 0 Å². The third-order valence-corrected chi connectivity index (χ3v) is 2.86. The van der Waals surface area contributed by atoms with E-state index in [1.165, 1.54) is 0 Å². The number of para-hydroxylation sites is 1. The van der Waals surface area contributed by atoms with Gasteiger partial charge in [-0.3, -0.25) is 20.6 Å². The minimum atomic E-state index is -0.358. The van der Waals surface area contributed by atoms with Gasteiger partial charge in [-0.05, 0) is 24.3 Å². The van der Waals surface area contributed by atoms with Crippen molar-refractivity contribution in [3.8, 4) is 5.75 Å². The number of aromatic nitrogens is 1. The fourth-order valence-electron chi connectivity index (χ4n) is 1.57. The molecule has 1 heterocycles. The van der Waals surface area contributed by atoms with E-state index in [1.54, 1.807) is 43.6 Å². The van der Waals surface area contributed by atoms with Crippen LogP contribution in [0.3, 0.4) is 0 Å². The maximum Gasteiger partial charge on any atom is 0.288 e. The van der Waals surface area contributed by atoms with Crippen LogP contribution >= 0.6 is 12.2 Å². The average Bonchev–Trinajstić information content (AvgIpc) is 2.53. The lowest BCUT2D eigenvalue weighted by Gasteiger charge is -2.12. The summed E-state index contributed by atoms with van der Waals surface area (Å²) in [4.78, 5) is 16.1. The minimum Gasteiger partial charge on any atom is -0.496 e. The van der Waals surface area contributed by atoms with Crippen molar-refractivity contribution < 1.29 is 9.53 Å². The number of hydrazine groups is 1. The van der Waals surface area contributed by atoms with Gasteiger partial charge in [-0.1, -0.05) is 30.4 Å². The molecule has 0 bridgehead atoms. The Morgan fingerprint density at radius 3 is 2.60 bits per heavy atom. The second-order valence-corrected chi connectivity index (χ2v) is 4.23. The summed E-state index contributed by atoms with van der Waals surface area (Å²) in [5.41, 5.74) is 6.19. The van der Waals surface area contributed by atoms with Crippen molar-refractivity contribution in [2.75, 3.05) is 7.11 Å². The van der Waals surface area contributed by atoms with Crippen LogP contribution in [0.2, 0.25) is 0 Å². The number of pyridine rings is 1. The predicted molar refractivity (Wildman–Crippen MR) is 79.5 cm³/mol. The first kappa shape index (κ1) is 14.0. The van der Waals surface area contributed by atoms with Crippen molar-refractivity contribution in [1.82, 2.24) is 15.8 Å². The normalized spacial score (nSPS) is 9.65. The lowest BCUT2D eigenvalue weighted by molar-refractivity contribution is 0.0939. The molecule has 0 saturated carbocycles. The van der Waals surface area contributed by atoms with Gasteiger partial charge in [0.2, 0.25) is 0 Å². The van der Waals surface area contributed by atoms with Crippen LogP contribution in [0.15, 0.2) is 48.7 Å². The Hall–Kier alpha value is -2.47. The number of hydrogen-bond donors (Lipinski definition) is 2. The van der Waals surface area contributed by atoms with Crippen LogP contribution in [0.5, 0.6) is 5.75 Å². The van der Waals surface area contributed by atoms with Gasteiger partial charge >= 0.3 is 0 Å². The van der Waals surface area contributed by atoms with Crippen LogP contribution in [0, 0.1) is 0 Å². The number of nitrogens with zero attached hydrogens (tertiary/aromatic N) is 1. The molecule has 0 saturated heterocycles. The lowest BCUT2D eigenvalue weighted by atomic mass is 10.2. The number of hydrogen-bond acceptors (Lipinski definition) is 4. The van der Waals surface area contributed by atoms with Crippen molar-refractivity contribution >= 4 is 23.1 Å². The molecule has 102 valence electrons. The Balaban J connectivity index is 2.01.